The number of benzene rings is 3. The maximum Gasteiger partial charge on any atom is 0.336 e. The Morgan fingerprint density at radius 2 is 1.54 bits per heavy atom. The van der Waals surface area contributed by atoms with E-state index in [0.29, 0.717) is 17.1 Å². The zero-order chi connectivity index (χ0) is 19.3. The fourth-order valence-electron chi connectivity index (χ4n) is 2.81. The lowest BCUT2D eigenvalue weighted by Gasteiger charge is -2.03. The molecule has 0 aromatic heterocycles. The molecular weight excluding hydrogens is 352 g/mol. The third-order valence-corrected chi connectivity index (χ3v) is 4.17. The van der Waals surface area contributed by atoms with Crippen LogP contribution in [-0.4, -0.2) is 11.8 Å². The van der Waals surface area contributed by atoms with Gasteiger partial charge in [0, 0.05) is 12.1 Å². The molecule has 0 bridgehead atoms. The summed E-state index contributed by atoms with van der Waals surface area (Å²) in [6.07, 6.45) is 4.72. The number of ketones is 1. The first-order valence-electron chi connectivity index (χ1n) is 8.77. The Morgan fingerprint density at radius 1 is 0.857 bits per heavy atom. The van der Waals surface area contributed by atoms with Crippen molar-refractivity contribution in [3.8, 4) is 11.5 Å². The van der Waals surface area contributed by atoms with Gasteiger partial charge in [0.2, 0.25) is 5.78 Å². The molecule has 0 unspecified atom stereocenters. The summed E-state index contributed by atoms with van der Waals surface area (Å²) in [5, 5.41) is 0. The number of fused-ring (bicyclic) bond motifs is 1. The van der Waals surface area contributed by atoms with Gasteiger partial charge in [0.1, 0.15) is 11.5 Å². The van der Waals surface area contributed by atoms with Crippen LogP contribution in [0.4, 0.5) is 0 Å². The summed E-state index contributed by atoms with van der Waals surface area (Å²) in [6, 6.07) is 23.7. The molecule has 0 aliphatic carbocycles. The monoisotopic (exact) mass is 368 g/mol. The lowest BCUT2D eigenvalue weighted by molar-refractivity contribution is -0.128. The number of hydrogen-bond donors (Lipinski definition) is 0. The lowest BCUT2D eigenvalue weighted by Crippen LogP contribution is -2.03. The molecule has 136 valence electrons. The van der Waals surface area contributed by atoms with Crippen molar-refractivity contribution in [3.05, 3.63) is 107 Å². The molecule has 28 heavy (non-hydrogen) atoms. The van der Waals surface area contributed by atoms with E-state index in [1.165, 1.54) is 6.08 Å². The Bertz CT molecular complexity index is 1080. The van der Waals surface area contributed by atoms with Gasteiger partial charge >= 0.3 is 5.97 Å². The molecule has 0 spiro atoms. The number of ether oxygens (including phenoxy) is 2. The van der Waals surface area contributed by atoms with Crippen LogP contribution in [0, 0.1) is 0 Å². The largest absolute Gasteiger partial charge is 0.452 e. The van der Waals surface area contributed by atoms with E-state index >= 15 is 0 Å². The maximum atomic E-state index is 12.5. The molecule has 4 heteroatoms. The van der Waals surface area contributed by atoms with E-state index in [-0.39, 0.29) is 11.5 Å². The summed E-state index contributed by atoms with van der Waals surface area (Å²) in [5.41, 5.74) is 2.22. The van der Waals surface area contributed by atoms with E-state index in [0.717, 1.165) is 11.1 Å². The van der Waals surface area contributed by atoms with Crippen LogP contribution in [0.1, 0.15) is 21.5 Å². The van der Waals surface area contributed by atoms with E-state index in [9.17, 15) is 9.59 Å². The molecule has 0 atom stereocenters. The van der Waals surface area contributed by atoms with Crippen molar-refractivity contribution < 1.29 is 19.1 Å². The molecule has 3 aromatic rings. The topological polar surface area (TPSA) is 52.6 Å². The second-order valence-electron chi connectivity index (χ2n) is 6.17. The van der Waals surface area contributed by atoms with Crippen LogP contribution >= 0.6 is 0 Å². The summed E-state index contributed by atoms with van der Waals surface area (Å²) in [4.78, 5) is 24.5. The minimum Gasteiger partial charge on any atom is -0.452 e. The van der Waals surface area contributed by atoms with Gasteiger partial charge in [-0.1, -0.05) is 60.7 Å². The molecule has 0 amide bonds. The van der Waals surface area contributed by atoms with E-state index in [4.69, 9.17) is 9.47 Å². The van der Waals surface area contributed by atoms with Gasteiger partial charge in [-0.15, -0.1) is 0 Å². The van der Waals surface area contributed by atoms with E-state index in [1.54, 1.807) is 30.4 Å². The van der Waals surface area contributed by atoms with Crippen LogP contribution in [0.15, 0.2) is 90.7 Å². The normalized spacial score (nSPS) is 14.1. The molecular formula is C24H16O4. The van der Waals surface area contributed by atoms with Gasteiger partial charge in [-0.3, -0.25) is 4.79 Å². The van der Waals surface area contributed by atoms with Gasteiger partial charge in [-0.2, -0.15) is 0 Å². The van der Waals surface area contributed by atoms with Crippen molar-refractivity contribution in [2.24, 2.45) is 0 Å². The maximum absolute atomic E-state index is 12.5. The molecule has 0 radical (unpaired) electrons. The van der Waals surface area contributed by atoms with Gasteiger partial charge in [0.25, 0.3) is 0 Å². The second-order valence-corrected chi connectivity index (χ2v) is 6.17. The van der Waals surface area contributed by atoms with Crippen molar-refractivity contribution in [2.45, 2.75) is 0 Å². The van der Waals surface area contributed by atoms with Crippen molar-refractivity contribution >= 4 is 23.9 Å². The molecule has 1 heterocycles. The smallest absolute Gasteiger partial charge is 0.336 e. The number of Topliss-reactive ketones (excluding diaryl/α,β-unsaturated/α-hetero) is 1. The number of hydrogen-bond acceptors (Lipinski definition) is 4. The highest BCUT2D eigenvalue weighted by Crippen LogP contribution is 2.34. The molecule has 0 fully saturated rings. The predicted molar refractivity (Wildman–Crippen MR) is 107 cm³/mol. The molecule has 0 N–H and O–H groups in total. The molecule has 1 aliphatic heterocycles. The average Bonchev–Trinajstić information content (AvgIpc) is 3.03. The Morgan fingerprint density at radius 3 is 2.25 bits per heavy atom. The summed E-state index contributed by atoms with van der Waals surface area (Å²) in [6.45, 7) is 0. The predicted octanol–water partition coefficient (Wildman–Crippen LogP) is 4.92. The zero-order valence-corrected chi connectivity index (χ0v) is 14.9. The average molecular weight is 368 g/mol. The third kappa shape index (κ3) is 3.91. The molecule has 0 saturated carbocycles. The summed E-state index contributed by atoms with van der Waals surface area (Å²) in [5.74, 6) is 0.238. The molecule has 1 aliphatic rings. The number of carbonyl (C=O) groups excluding carboxylic acids is 2. The number of rotatable bonds is 4. The van der Waals surface area contributed by atoms with Gasteiger partial charge in [0.05, 0.1) is 5.56 Å². The van der Waals surface area contributed by atoms with Crippen LogP contribution in [-0.2, 0) is 4.79 Å². The van der Waals surface area contributed by atoms with Crippen molar-refractivity contribution in [1.29, 1.82) is 0 Å². The van der Waals surface area contributed by atoms with Gasteiger partial charge in [0.15, 0.2) is 5.76 Å². The van der Waals surface area contributed by atoms with Crippen LogP contribution in [0.2, 0.25) is 0 Å². The van der Waals surface area contributed by atoms with Crippen molar-refractivity contribution in [2.75, 3.05) is 0 Å². The first-order valence-corrected chi connectivity index (χ1v) is 8.77. The highest BCUT2D eigenvalue weighted by Gasteiger charge is 2.27. The first-order chi connectivity index (χ1) is 13.7. The van der Waals surface area contributed by atoms with E-state index in [1.807, 2.05) is 60.7 Å². The molecule has 4 nitrogen and oxygen atoms in total. The van der Waals surface area contributed by atoms with Crippen molar-refractivity contribution in [1.82, 2.24) is 0 Å². The van der Waals surface area contributed by atoms with Crippen LogP contribution in [0.3, 0.4) is 0 Å². The van der Waals surface area contributed by atoms with E-state index < -0.39 is 5.97 Å². The molecule has 4 rings (SSSR count). The van der Waals surface area contributed by atoms with Crippen LogP contribution in [0.25, 0.3) is 12.2 Å². The molecule has 3 aromatic carbocycles. The standard InChI is InChI=1S/C24H16O4/c25-23(14-11-17-7-3-1-4-8-17)27-19-12-13-20-21(16-19)28-22(24(20)26)15-18-9-5-2-6-10-18/h1-16H/b14-11+,22-15+. The van der Waals surface area contributed by atoms with E-state index in [2.05, 4.69) is 0 Å². The second kappa shape index (κ2) is 7.76. The fourth-order valence-corrected chi connectivity index (χ4v) is 2.81. The molecule has 0 saturated heterocycles. The first kappa shape index (κ1) is 17.5. The Balaban J connectivity index is 1.48. The van der Waals surface area contributed by atoms with Crippen LogP contribution < -0.4 is 9.47 Å². The fraction of sp³-hybridized carbons (Fsp3) is 0. The van der Waals surface area contributed by atoms with Crippen LogP contribution in [0.5, 0.6) is 11.5 Å². The number of allylic oxidation sites excluding steroid dienone is 1. The minimum atomic E-state index is -0.506. The van der Waals surface area contributed by atoms with Gasteiger partial charge in [-0.05, 0) is 35.4 Å². The summed E-state index contributed by atoms with van der Waals surface area (Å²) in [7, 11) is 0. The Kier molecular flexibility index (Phi) is 4.85. The number of carbonyl (C=O) groups is 2. The summed E-state index contributed by atoms with van der Waals surface area (Å²) >= 11 is 0. The van der Waals surface area contributed by atoms with Gasteiger partial charge < -0.3 is 9.47 Å². The lowest BCUT2D eigenvalue weighted by atomic mass is 10.1. The zero-order valence-electron chi connectivity index (χ0n) is 14.9. The van der Waals surface area contributed by atoms with Crippen molar-refractivity contribution in [3.63, 3.8) is 0 Å². The summed E-state index contributed by atoms with van der Waals surface area (Å²) < 4.78 is 11.0. The highest BCUT2D eigenvalue weighted by molar-refractivity contribution is 6.14. The van der Waals surface area contributed by atoms with Gasteiger partial charge in [-0.25, -0.2) is 4.79 Å². The highest BCUT2D eigenvalue weighted by atomic mass is 16.5. The SMILES string of the molecule is O=C(/C=C/c1ccccc1)Oc1ccc2c(c1)O/C(=C/c1ccccc1)C2=O. The Hall–Kier alpha value is -3.92. The minimum absolute atomic E-state index is 0.194. The Labute approximate surface area is 162 Å². The quantitative estimate of drug-likeness (QED) is 0.373. The third-order valence-electron chi connectivity index (χ3n) is 4.17. The number of esters is 1.